The van der Waals surface area contributed by atoms with Gasteiger partial charge in [0, 0.05) is 30.1 Å². The second kappa shape index (κ2) is 8.90. The van der Waals surface area contributed by atoms with Gasteiger partial charge < -0.3 is 18.8 Å². The molecule has 2 aromatic rings. The first kappa shape index (κ1) is 21.9. The Labute approximate surface area is 175 Å². The minimum Gasteiger partial charge on any atom is -0.461 e. The number of amides is 1. The fourth-order valence-electron chi connectivity index (χ4n) is 3.50. The van der Waals surface area contributed by atoms with E-state index in [1.54, 1.807) is 4.90 Å². The number of hydrogen-bond acceptors (Lipinski definition) is 6. The van der Waals surface area contributed by atoms with Crippen LogP contribution in [0.15, 0.2) is 33.5 Å². The van der Waals surface area contributed by atoms with Crippen LogP contribution in [0.25, 0.3) is 11.0 Å². The molecule has 0 aliphatic carbocycles. The molecule has 0 spiro atoms. The van der Waals surface area contributed by atoms with Gasteiger partial charge in [-0.2, -0.15) is 0 Å². The van der Waals surface area contributed by atoms with E-state index in [9.17, 15) is 14.4 Å². The zero-order chi connectivity index (χ0) is 21.9. The van der Waals surface area contributed by atoms with E-state index in [4.69, 9.17) is 13.9 Å². The topological polar surface area (TPSA) is 86.0 Å². The van der Waals surface area contributed by atoms with Crippen molar-refractivity contribution in [3.63, 3.8) is 0 Å². The van der Waals surface area contributed by atoms with E-state index in [1.165, 1.54) is 6.07 Å². The van der Waals surface area contributed by atoms with Crippen molar-refractivity contribution in [2.45, 2.75) is 59.2 Å². The highest BCUT2D eigenvalue weighted by molar-refractivity contribution is 5.81. The molecule has 1 aliphatic rings. The van der Waals surface area contributed by atoms with Crippen molar-refractivity contribution < 1.29 is 23.5 Å². The van der Waals surface area contributed by atoms with Gasteiger partial charge in [-0.1, -0.05) is 19.1 Å². The Bertz CT molecular complexity index is 979. The molecule has 1 fully saturated rings. The summed E-state index contributed by atoms with van der Waals surface area (Å²) in [7, 11) is 0. The first-order valence-electron chi connectivity index (χ1n) is 10.4. The molecule has 1 aromatic heterocycles. The van der Waals surface area contributed by atoms with Gasteiger partial charge in [0.25, 0.3) is 0 Å². The number of ether oxygens (including phenoxy) is 2. The molecule has 0 bridgehead atoms. The van der Waals surface area contributed by atoms with Gasteiger partial charge in [0.1, 0.15) is 17.8 Å². The van der Waals surface area contributed by atoms with Gasteiger partial charge in [-0.15, -0.1) is 0 Å². The molecule has 1 saturated heterocycles. The molecule has 2 heterocycles. The molecule has 0 atom stereocenters. The number of nitrogens with zero attached hydrogens (tertiary/aromatic N) is 1. The standard InChI is InChI=1S/C23H29NO6/c1-5-15-6-7-18-17(13-20(25)29-19(18)12-15)14-28-21(26)16-8-10-24(11-9-16)22(27)30-23(2,3)4/h6-7,12-13,16H,5,8-11,14H2,1-4H3. The molecule has 1 aliphatic heterocycles. The molecule has 162 valence electrons. The third-order valence-corrected chi connectivity index (χ3v) is 5.15. The van der Waals surface area contributed by atoms with Crippen LogP contribution in [0.2, 0.25) is 0 Å². The SMILES string of the molecule is CCc1ccc2c(COC(=O)C3CCN(C(=O)OC(C)(C)C)CC3)cc(=O)oc2c1. The lowest BCUT2D eigenvalue weighted by atomic mass is 9.97. The summed E-state index contributed by atoms with van der Waals surface area (Å²) >= 11 is 0. The van der Waals surface area contributed by atoms with Crippen molar-refractivity contribution in [3.8, 4) is 0 Å². The van der Waals surface area contributed by atoms with Crippen LogP contribution in [0, 0.1) is 5.92 Å². The minimum atomic E-state index is -0.546. The molecule has 3 rings (SSSR count). The first-order chi connectivity index (χ1) is 14.2. The van der Waals surface area contributed by atoms with Gasteiger partial charge in [-0.05, 0) is 51.7 Å². The Morgan fingerprint density at radius 3 is 2.50 bits per heavy atom. The summed E-state index contributed by atoms with van der Waals surface area (Å²) in [6.07, 6.45) is 1.52. The van der Waals surface area contributed by atoms with Crippen molar-refractivity contribution in [2.75, 3.05) is 13.1 Å². The maximum atomic E-state index is 12.5. The second-order valence-corrected chi connectivity index (χ2v) is 8.62. The summed E-state index contributed by atoms with van der Waals surface area (Å²) in [6, 6.07) is 7.07. The van der Waals surface area contributed by atoms with Gasteiger partial charge in [0.15, 0.2) is 0 Å². The molecular weight excluding hydrogens is 386 g/mol. The summed E-state index contributed by atoms with van der Waals surface area (Å²) in [5.74, 6) is -0.591. The molecule has 0 unspecified atom stereocenters. The lowest BCUT2D eigenvalue weighted by Crippen LogP contribution is -2.43. The minimum absolute atomic E-state index is 0.0126. The highest BCUT2D eigenvalue weighted by atomic mass is 16.6. The number of rotatable bonds is 4. The van der Waals surface area contributed by atoms with Gasteiger partial charge in [-0.3, -0.25) is 4.79 Å². The van der Waals surface area contributed by atoms with Crippen LogP contribution in [0.4, 0.5) is 4.79 Å². The third kappa shape index (κ3) is 5.40. The smallest absolute Gasteiger partial charge is 0.410 e. The van der Waals surface area contributed by atoms with Crippen LogP contribution in [0.3, 0.4) is 0 Å². The largest absolute Gasteiger partial charge is 0.461 e. The highest BCUT2D eigenvalue weighted by Gasteiger charge is 2.30. The Hall–Kier alpha value is -2.83. The summed E-state index contributed by atoms with van der Waals surface area (Å²) in [4.78, 5) is 38.2. The molecule has 0 N–H and O–H groups in total. The molecule has 7 heteroatoms. The fraction of sp³-hybridized carbons (Fsp3) is 0.522. The maximum absolute atomic E-state index is 12.5. The predicted molar refractivity (Wildman–Crippen MR) is 112 cm³/mol. The van der Waals surface area contributed by atoms with Gasteiger partial charge >= 0.3 is 17.7 Å². The number of fused-ring (bicyclic) bond motifs is 1. The maximum Gasteiger partial charge on any atom is 0.410 e. The molecular formula is C23H29NO6. The van der Waals surface area contributed by atoms with E-state index in [0.717, 1.165) is 17.4 Å². The van der Waals surface area contributed by atoms with E-state index in [-0.39, 0.29) is 24.6 Å². The van der Waals surface area contributed by atoms with Gasteiger partial charge in [0.2, 0.25) is 0 Å². The number of piperidine rings is 1. The quantitative estimate of drug-likeness (QED) is 0.553. The summed E-state index contributed by atoms with van der Waals surface area (Å²) in [6.45, 7) is 8.42. The molecule has 7 nitrogen and oxygen atoms in total. The van der Waals surface area contributed by atoms with Crippen LogP contribution < -0.4 is 5.63 Å². The summed E-state index contributed by atoms with van der Waals surface area (Å²) in [5.41, 5.74) is 1.18. The van der Waals surface area contributed by atoms with Crippen molar-refractivity contribution >= 4 is 23.0 Å². The number of carbonyl (C=O) groups is 2. The van der Waals surface area contributed by atoms with Crippen molar-refractivity contribution in [1.82, 2.24) is 4.90 Å². The van der Waals surface area contributed by atoms with Crippen molar-refractivity contribution in [1.29, 1.82) is 0 Å². The highest BCUT2D eigenvalue weighted by Crippen LogP contribution is 2.23. The van der Waals surface area contributed by atoms with Crippen LogP contribution in [-0.4, -0.2) is 35.7 Å². The molecule has 30 heavy (non-hydrogen) atoms. The third-order valence-electron chi connectivity index (χ3n) is 5.15. The lowest BCUT2D eigenvalue weighted by Gasteiger charge is -2.32. The zero-order valence-electron chi connectivity index (χ0n) is 18.0. The molecule has 0 radical (unpaired) electrons. The average Bonchev–Trinajstić information content (AvgIpc) is 2.70. The van der Waals surface area contributed by atoms with Gasteiger partial charge in [0.05, 0.1) is 5.92 Å². The van der Waals surface area contributed by atoms with Crippen LogP contribution in [0.1, 0.15) is 51.7 Å². The van der Waals surface area contributed by atoms with Crippen LogP contribution in [0.5, 0.6) is 0 Å². The molecule has 0 saturated carbocycles. The fourth-order valence-corrected chi connectivity index (χ4v) is 3.50. The van der Waals surface area contributed by atoms with Crippen molar-refractivity contribution in [2.24, 2.45) is 5.92 Å². The Morgan fingerprint density at radius 2 is 1.87 bits per heavy atom. The normalized spacial score (nSPS) is 15.3. The van der Waals surface area contributed by atoms with E-state index in [2.05, 4.69) is 0 Å². The number of likely N-dealkylation sites (tertiary alicyclic amines) is 1. The number of benzene rings is 1. The second-order valence-electron chi connectivity index (χ2n) is 8.62. The van der Waals surface area contributed by atoms with E-state index >= 15 is 0 Å². The molecule has 1 amide bonds. The number of aryl methyl sites for hydroxylation is 1. The van der Waals surface area contributed by atoms with Crippen LogP contribution >= 0.6 is 0 Å². The number of carbonyl (C=O) groups excluding carboxylic acids is 2. The Balaban J connectivity index is 1.59. The first-order valence-corrected chi connectivity index (χ1v) is 10.4. The predicted octanol–water partition coefficient (Wildman–Crippen LogP) is 4.05. The summed E-state index contributed by atoms with van der Waals surface area (Å²) in [5, 5.41) is 0.763. The van der Waals surface area contributed by atoms with Crippen LogP contribution in [-0.2, 0) is 27.3 Å². The lowest BCUT2D eigenvalue weighted by molar-refractivity contribution is -0.151. The summed E-state index contributed by atoms with van der Waals surface area (Å²) < 4.78 is 16.2. The van der Waals surface area contributed by atoms with E-state index in [1.807, 2.05) is 45.9 Å². The van der Waals surface area contributed by atoms with E-state index < -0.39 is 11.2 Å². The van der Waals surface area contributed by atoms with Crippen molar-refractivity contribution in [3.05, 3.63) is 45.8 Å². The Kier molecular flexibility index (Phi) is 6.48. The Morgan fingerprint density at radius 1 is 1.17 bits per heavy atom. The van der Waals surface area contributed by atoms with Gasteiger partial charge in [-0.25, -0.2) is 9.59 Å². The average molecular weight is 415 g/mol. The number of esters is 1. The van der Waals surface area contributed by atoms with E-state index in [0.29, 0.717) is 37.1 Å². The monoisotopic (exact) mass is 415 g/mol. The molecule has 1 aromatic carbocycles. The number of hydrogen-bond donors (Lipinski definition) is 0. The zero-order valence-corrected chi connectivity index (χ0v) is 18.0.